The van der Waals surface area contributed by atoms with Crippen LogP contribution in [0.4, 0.5) is 17.6 Å². The van der Waals surface area contributed by atoms with E-state index in [4.69, 9.17) is 11.5 Å². The maximum absolute atomic E-state index is 17.0. The first kappa shape index (κ1) is 42.0. The average Bonchev–Trinajstić information content (AvgIpc) is 3.91. The van der Waals surface area contributed by atoms with Crippen molar-refractivity contribution in [3.8, 4) is 0 Å². The van der Waals surface area contributed by atoms with Gasteiger partial charge < -0.3 is 25.2 Å². The number of imidazole rings is 2. The van der Waals surface area contributed by atoms with E-state index >= 15 is 17.6 Å². The van der Waals surface area contributed by atoms with Crippen molar-refractivity contribution in [3.05, 3.63) is 93.2 Å². The number of hydrogen-bond donors (Lipinski definition) is 2. The third kappa shape index (κ3) is 7.38. The van der Waals surface area contributed by atoms with E-state index in [1.54, 1.807) is 41.5 Å². The molecule has 4 amide bonds. The summed E-state index contributed by atoms with van der Waals surface area (Å²) in [5.74, 6) is -3.84. The van der Waals surface area contributed by atoms with E-state index < -0.39 is 59.7 Å². The summed E-state index contributed by atoms with van der Waals surface area (Å²) in [6.07, 6.45) is -6.63. The normalized spacial score (nSPS) is 13.9. The lowest BCUT2D eigenvalue weighted by atomic mass is 9.98. The summed E-state index contributed by atoms with van der Waals surface area (Å²) in [4.78, 5) is 60.0. The third-order valence-corrected chi connectivity index (χ3v) is 10.1. The van der Waals surface area contributed by atoms with Crippen LogP contribution in [0.1, 0.15) is 92.3 Å². The minimum atomic E-state index is -4.75. The van der Waals surface area contributed by atoms with Crippen LogP contribution in [-0.2, 0) is 39.8 Å². The third-order valence-electron chi connectivity index (χ3n) is 10.1. The van der Waals surface area contributed by atoms with Crippen LogP contribution in [0.25, 0.3) is 22.1 Å². The molecule has 2 aromatic carbocycles. The molecule has 4 aromatic heterocycles. The van der Waals surface area contributed by atoms with Crippen molar-refractivity contribution in [2.24, 2.45) is 35.5 Å². The number of fused-ring (bicyclic) bond motifs is 2. The molecule has 2 atom stereocenters. The maximum Gasteiger partial charge on any atom is 0.366 e. The molecule has 4 heterocycles. The number of hydrogen-bond acceptors (Lipinski definition) is 6. The van der Waals surface area contributed by atoms with Gasteiger partial charge in [0, 0.05) is 38.3 Å². The average molecular weight is 821 g/mol. The molecule has 59 heavy (non-hydrogen) atoms. The minimum absolute atomic E-state index is 0.0427. The summed E-state index contributed by atoms with van der Waals surface area (Å²) < 4.78 is 73.7. The highest BCUT2D eigenvalue weighted by atomic mass is 19.3. The molecule has 4 N–H and O–H groups in total. The Morgan fingerprint density at radius 3 is 1.76 bits per heavy atom. The molecule has 20 heteroatoms. The van der Waals surface area contributed by atoms with Crippen LogP contribution >= 0.6 is 0 Å². The Kier molecular flexibility index (Phi) is 11.1. The number of carbonyl (C=O) groups is 4. The van der Waals surface area contributed by atoms with Crippen molar-refractivity contribution < 1.29 is 36.7 Å². The highest BCUT2D eigenvalue weighted by Gasteiger charge is 2.50. The fraction of sp³-hybridized carbons (Fsp3) is 0.385. The molecule has 6 rings (SSSR count). The van der Waals surface area contributed by atoms with Gasteiger partial charge in [0.25, 0.3) is 11.8 Å². The summed E-state index contributed by atoms with van der Waals surface area (Å²) in [6.45, 7) is 9.75. The van der Waals surface area contributed by atoms with Crippen LogP contribution in [0.2, 0.25) is 0 Å². The fourth-order valence-electron chi connectivity index (χ4n) is 7.21. The van der Waals surface area contributed by atoms with Gasteiger partial charge in [0.2, 0.25) is 29.2 Å². The molecular weight excluding hydrogens is 777 g/mol. The van der Waals surface area contributed by atoms with Crippen molar-refractivity contribution in [3.63, 3.8) is 0 Å². The molecule has 2 unspecified atom stereocenters. The zero-order valence-electron chi connectivity index (χ0n) is 33.7. The highest BCUT2D eigenvalue weighted by Crippen LogP contribution is 2.35. The molecule has 6 aromatic rings. The van der Waals surface area contributed by atoms with Gasteiger partial charge >= 0.3 is 6.05 Å². The van der Waals surface area contributed by atoms with E-state index in [0.717, 1.165) is 21.3 Å². The standard InChI is InChI=1S/C39H44F4N12O4/c1-9-53-29(13-20(5)48-53)35(58)46-37-51(8)28-17-23(34(45)57)15-24(19(3)4)31(28)52(37)18-25(40)32(41)39(42,43)55-26-12-11-22(33(44)56)16-27(26)50(7)38(55)47-36(59)30-14-21(6)49-54(30)10-2/h11-17,19,25,32H,9-10,18H2,1-8H3,(H2,44,56)(H2,45,57)/b46-37+,47-38+. The summed E-state index contributed by atoms with van der Waals surface area (Å²) in [5.41, 5.74) is 11.5. The molecular formula is C39H44F4N12O4. The lowest BCUT2D eigenvalue weighted by molar-refractivity contribution is -0.165. The van der Waals surface area contributed by atoms with Gasteiger partial charge in [0.15, 0.2) is 6.17 Å². The first-order valence-corrected chi connectivity index (χ1v) is 18.7. The molecule has 0 aliphatic rings. The Morgan fingerprint density at radius 1 is 0.746 bits per heavy atom. The van der Waals surface area contributed by atoms with Crippen LogP contribution in [0.15, 0.2) is 52.4 Å². The van der Waals surface area contributed by atoms with Crippen LogP contribution in [0.3, 0.4) is 0 Å². The Bertz CT molecular complexity index is 2830. The van der Waals surface area contributed by atoms with E-state index in [9.17, 15) is 19.2 Å². The second-order valence-electron chi connectivity index (χ2n) is 14.5. The largest absolute Gasteiger partial charge is 0.366 e. The minimum Gasteiger partial charge on any atom is -0.366 e. The second-order valence-corrected chi connectivity index (χ2v) is 14.5. The summed E-state index contributed by atoms with van der Waals surface area (Å²) >= 11 is 0. The monoisotopic (exact) mass is 820 g/mol. The lowest BCUT2D eigenvalue weighted by Crippen LogP contribution is -2.47. The number of rotatable bonds is 12. The van der Waals surface area contributed by atoms with Gasteiger partial charge in [-0.2, -0.15) is 29.0 Å². The predicted molar refractivity (Wildman–Crippen MR) is 208 cm³/mol. The van der Waals surface area contributed by atoms with E-state index in [-0.39, 0.29) is 61.7 Å². The van der Waals surface area contributed by atoms with Gasteiger partial charge in [-0.1, -0.05) is 13.8 Å². The molecule has 0 saturated heterocycles. The van der Waals surface area contributed by atoms with Crippen LogP contribution in [0.5, 0.6) is 0 Å². The topological polar surface area (TPSA) is 200 Å². The Balaban J connectivity index is 1.55. The molecule has 312 valence electrons. The van der Waals surface area contributed by atoms with E-state index in [1.807, 2.05) is 0 Å². The maximum atomic E-state index is 17.0. The van der Waals surface area contributed by atoms with Crippen LogP contribution in [-0.4, -0.2) is 73.8 Å². The van der Waals surface area contributed by atoms with Crippen molar-refractivity contribution in [1.29, 1.82) is 0 Å². The molecule has 0 bridgehead atoms. The Labute approximate surface area is 334 Å². The fourth-order valence-corrected chi connectivity index (χ4v) is 7.21. The first-order valence-electron chi connectivity index (χ1n) is 18.7. The number of aryl methyl sites for hydroxylation is 6. The van der Waals surface area contributed by atoms with Crippen LogP contribution < -0.4 is 22.7 Å². The smallest absolute Gasteiger partial charge is 0.366 e. The van der Waals surface area contributed by atoms with E-state index in [0.29, 0.717) is 23.5 Å². The predicted octanol–water partition coefficient (Wildman–Crippen LogP) is 4.05. The SMILES string of the molecule is CCn1nc(C)cc1C(=O)/N=c1\n(C)c2cc(C(N)=O)cc(C(C)C)c2n1CC(F)C(F)C(F)(F)n1/c(=N/C(=O)c2cc(C)nn2CC)n(C)c2cc(C(N)=O)ccc21. The lowest BCUT2D eigenvalue weighted by Gasteiger charge is -2.26. The first-order chi connectivity index (χ1) is 27.7. The van der Waals surface area contributed by atoms with Gasteiger partial charge in [-0.15, -0.1) is 0 Å². The van der Waals surface area contributed by atoms with Gasteiger partial charge in [0.1, 0.15) is 11.4 Å². The van der Waals surface area contributed by atoms with Crippen molar-refractivity contribution in [2.45, 2.75) is 85.5 Å². The van der Waals surface area contributed by atoms with Gasteiger partial charge in [0.05, 0.1) is 40.0 Å². The van der Waals surface area contributed by atoms with Gasteiger partial charge in [-0.25, -0.2) is 13.3 Å². The molecule has 0 radical (unpaired) electrons. The van der Waals surface area contributed by atoms with Gasteiger partial charge in [-0.05, 0) is 81.6 Å². The molecule has 0 aliphatic carbocycles. The Hall–Kier alpha value is -6.60. The molecule has 0 saturated carbocycles. The quantitative estimate of drug-likeness (QED) is 0.175. The summed E-state index contributed by atoms with van der Waals surface area (Å²) in [6, 6.07) is 4.39. The number of aromatic nitrogens is 8. The van der Waals surface area contributed by atoms with Gasteiger partial charge in [-0.3, -0.25) is 28.5 Å². The van der Waals surface area contributed by atoms with Crippen molar-refractivity contribution in [1.82, 2.24) is 37.8 Å². The number of nitrogens with zero attached hydrogens (tertiary/aromatic N) is 10. The molecule has 0 aliphatic heterocycles. The van der Waals surface area contributed by atoms with Crippen LogP contribution in [0, 0.1) is 13.8 Å². The number of nitrogens with two attached hydrogens (primary N) is 2. The molecule has 0 spiro atoms. The zero-order valence-corrected chi connectivity index (χ0v) is 33.7. The van der Waals surface area contributed by atoms with Crippen molar-refractivity contribution >= 4 is 45.7 Å². The molecule has 0 fully saturated rings. The molecule has 16 nitrogen and oxygen atoms in total. The zero-order chi connectivity index (χ0) is 43.4. The number of primary amides is 2. The second kappa shape index (κ2) is 15.6. The van der Waals surface area contributed by atoms with E-state index in [2.05, 4.69) is 20.2 Å². The summed E-state index contributed by atoms with van der Waals surface area (Å²) in [5, 5.41) is 8.49. The number of amides is 4. The number of benzene rings is 2. The number of halogens is 4. The van der Waals surface area contributed by atoms with E-state index in [1.165, 1.54) is 58.4 Å². The number of carbonyl (C=O) groups excluding carboxylic acids is 4. The summed E-state index contributed by atoms with van der Waals surface area (Å²) in [7, 11) is 2.74. The number of alkyl halides is 4. The van der Waals surface area contributed by atoms with Crippen molar-refractivity contribution in [2.75, 3.05) is 0 Å². The highest BCUT2D eigenvalue weighted by molar-refractivity contribution is 5.98. The Morgan fingerprint density at radius 2 is 1.25 bits per heavy atom.